The molecule has 112 valence electrons. The van der Waals surface area contributed by atoms with Crippen LogP contribution >= 0.6 is 0 Å². The molecule has 0 aliphatic rings. The normalized spacial score (nSPS) is 12.7. The van der Waals surface area contributed by atoms with Crippen LogP contribution in [0.2, 0.25) is 0 Å². The minimum Gasteiger partial charge on any atom is -0.503 e. The summed E-state index contributed by atoms with van der Waals surface area (Å²) in [7, 11) is 1.25. The molecule has 1 heterocycles. The van der Waals surface area contributed by atoms with Crippen molar-refractivity contribution in [3.05, 3.63) is 41.3 Å². The van der Waals surface area contributed by atoms with Crippen LogP contribution in [0.4, 0.5) is 13.2 Å². The van der Waals surface area contributed by atoms with Gasteiger partial charge in [-0.3, -0.25) is 0 Å². The maximum Gasteiger partial charge on any atom is 0.449 e. The first-order valence-electron chi connectivity index (χ1n) is 5.83. The van der Waals surface area contributed by atoms with E-state index in [2.05, 4.69) is 4.74 Å². The molecular formula is C14H11F3O4. The van der Waals surface area contributed by atoms with Gasteiger partial charge in [0.2, 0.25) is 5.76 Å². The van der Waals surface area contributed by atoms with E-state index >= 15 is 0 Å². The van der Waals surface area contributed by atoms with Crippen LogP contribution in [-0.2, 0) is 15.7 Å². The van der Waals surface area contributed by atoms with Crippen LogP contribution < -0.4 is 0 Å². The minimum atomic E-state index is -4.64. The maximum atomic E-state index is 12.9. The summed E-state index contributed by atoms with van der Waals surface area (Å²) in [5.41, 5.74) is -0.472. The summed E-state index contributed by atoms with van der Waals surface area (Å²) in [5.74, 6) is -2.46. The number of hydrogen-bond acceptors (Lipinski definition) is 3. The number of carbonyl (C=O) groups is 1. The highest BCUT2D eigenvalue weighted by atomic mass is 19.4. The number of halogens is 3. The summed E-state index contributed by atoms with van der Waals surface area (Å²) in [6.45, 7) is 1.28. The molecule has 7 heteroatoms. The van der Waals surface area contributed by atoms with Crippen LogP contribution in [0.1, 0.15) is 16.9 Å². The van der Waals surface area contributed by atoms with E-state index in [1.54, 1.807) is 0 Å². The van der Waals surface area contributed by atoms with Crippen LogP contribution in [0.25, 0.3) is 16.5 Å². The summed E-state index contributed by atoms with van der Waals surface area (Å²) in [6.07, 6.45) is -3.70. The lowest BCUT2D eigenvalue weighted by molar-refractivity contribution is -0.152. The molecule has 2 rings (SSSR count). The fourth-order valence-electron chi connectivity index (χ4n) is 2.07. The van der Waals surface area contributed by atoms with E-state index in [0.717, 1.165) is 6.26 Å². The third-order valence-electron chi connectivity index (χ3n) is 2.98. The van der Waals surface area contributed by atoms with Crippen molar-refractivity contribution in [1.82, 2.24) is 0 Å². The first-order valence-corrected chi connectivity index (χ1v) is 5.83. The number of carboxylic acid groups (broad SMARTS) is 1. The number of alkyl halides is 3. The molecule has 1 N–H and O–H groups in total. The zero-order valence-electron chi connectivity index (χ0n) is 11.1. The number of fused-ring (bicyclic) bond motifs is 1. The largest absolute Gasteiger partial charge is 0.503 e. The highest BCUT2D eigenvalue weighted by Gasteiger charge is 2.38. The highest BCUT2D eigenvalue weighted by molar-refractivity contribution is 6.18. The smallest absolute Gasteiger partial charge is 0.449 e. The molecule has 0 aliphatic heterocycles. The van der Waals surface area contributed by atoms with Crippen molar-refractivity contribution in [1.29, 1.82) is 0 Å². The Morgan fingerprint density at radius 3 is 2.57 bits per heavy atom. The zero-order chi connectivity index (χ0) is 15.8. The molecule has 0 fully saturated rings. The van der Waals surface area contributed by atoms with E-state index < -0.39 is 17.9 Å². The Labute approximate surface area is 117 Å². The van der Waals surface area contributed by atoms with Crippen molar-refractivity contribution >= 4 is 22.5 Å². The van der Waals surface area contributed by atoms with E-state index in [0.29, 0.717) is 0 Å². The molecule has 0 bridgehead atoms. The Hall–Kier alpha value is -2.44. The number of aryl methyl sites for hydroxylation is 1. The molecule has 0 unspecified atom stereocenters. The molecule has 21 heavy (non-hydrogen) atoms. The molecule has 4 nitrogen and oxygen atoms in total. The number of benzene rings is 1. The summed E-state index contributed by atoms with van der Waals surface area (Å²) < 4.78 is 48.2. The van der Waals surface area contributed by atoms with Gasteiger partial charge < -0.3 is 14.3 Å². The van der Waals surface area contributed by atoms with Gasteiger partial charge in [0.05, 0.1) is 13.4 Å². The van der Waals surface area contributed by atoms with Gasteiger partial charge in [-0.05, 0) is 6.92 Å². The van der Waals surface area contributed by atoms with Gasteiger partial charge in [0.1, 0.15) is 11.2 Å². The fourth-order valence-corrected chi connectivity index (χ4v) is 2.07. The lowest BCUT2D eigenvalue weighted by Gasteiger charge is -2.03. The third kappa shape index (κ3) is 2.58. The molecule has 0 radical (unpaired) electrons. The summed E-state index contributed by atoms with van der Waals surface area (Å²) >= 11 is 0. The predicted molar refractivity (Wildman–Crippen MR) is 68.6 cm³/mol. The quantitative estimate of drug-likeness (QED) is 0.691. The van der Waals surface area contributed by atoms with Crippen LogP contribution in [0, 0.1) is 6.92 Å². The number of ether oxygens (including phenoxy) is 1. The van der Waals surface area contributed by atoms with E-state index in [-0.39, 0.29) is 27.7 Å². The number of rotatable bonds is 3. The van der Waals surface area contributed by atoms with Gasteiger partial charge in [0.25, 0.3) is 0 Å². The fraction of sp³-hybridized carbons (Fsp3) is 0.214. The van der Waals surface area contributed by atoms with E-state index in [1.807, 2.05) is 0 Å². The number of hydrogen-bond donors (Lipinski definition) is 1. The predicted octanol–water partition coefficient (Wildman–Crippen LogP) is 3.83. The highest BCUT2D eigenvalue weighted by Crippen LogP contribution is 2.39. The van der Waals surface area contributed by atoms with Crippen molar-refractivity contribution in [2.24, 2.45) is 0 Å². The van der Waals surface area contributed by atoms with Crippen molar-refractivity contribution < 1.29 is 32.2 Å². The van der Waals surface area contributed by atoms with E-state index in [4.69, 9.17) is 9.52 Å². The van der Waals surface area contributed by atoms with Crippen molar-refractivity contribution in [2.45, 2.75) is 13.1 Å². The monoisotopic (exact) mass is 300 g/mol. The molecule has 0 amide bonds. The molecule has 1 aromatic carbocycles. The van der Waals surface area contributed by atoms with Gasteiger partial charge in [-0.1, -0.05) is 18.2 Å². The Balaban J connectivity index is 2.78. The van der Waals surface area contributed by atoms with Crippen molar-refractivity contribution in [3.63, 3.8) is 0 Å². The molecule has 2 aromatic rings. The summed E-state index contributed by atoms with van der Waals surface area (Å²) in [4.78, 5) is 11.2. The van der Waals surface area contributed by atoms with Crippen LogP contribution in [0.5, 0.6) is 0 Å². The summed E-state index contributed by atoms with van der Waals surface area (Å²) in [6, 6.07) is 4.27. The molecule has 0 saturated heterocycles. The Morgan fingerprint density at radius 2 is 2.05 bits per heavy atom. The molecule has 1 aromatic heterocycles. The van der Waals surface area contributed by atoms with E-state index in [1.165, 1.54) is 32.2 Å². The Bertz CT molecular complexity index is 726. The average Bonchev–Trinajstić information content (AvgIpc) is 2.73. The minimum absolute atomic E-state index is 0.0282. The SMILES string of the molecule is COC=C(C(=O)O)c1cccc2c(C)c(C(F)(F)F)oc12. The lowest BCUT2D eigenvalue weighted by Crippen LogP contribution is -2.04. The number of methoxy groups -OCH3 is 1. The topological polar surface area (TPSA) is 59.7 Å². The third-order valence-corrected chi connectivity index (χ3v) is 2.98. The van der Waals surface area contributed by atoms with Gasteiger partial charge in [0.15, 0.2) is 0 Å². The van der Waals surface area contributed by atoms with Crippen LogP contribution in [-0.4, -0.2) is 18.2 Å². The second kappa shape index (κ2) is 5.16. The molecule has 0 spiro atoms. The van der Waals surface area contributed by atoms with Crippen molar-refractivity contribution in [2.75, 3.05) is 7.11 Å². The van der Waals surface area contributed by atoms with Gasteiger partial charge in [-0.25, -0.2) is 4.79 Å². The Kier molecular flexibility index (Phi) is 3.67. The Morgan fingerprint density at radius 1 is 1.38 bits per heavy atom. The number of aliphatic carboxylic acids is 1. The second-order valence-electron chi connectivity index (χ2n) is 4.31. The number of para-hydroxylation sites is 1. The first kappa shape index (κ1) is 15.0. The number of carboxylic acids is 1. The van der Waals surface area contributed by atoms with Gasteiger partial charge >= 0.3 is 12.1 Å². The van der Waals surface area contributed by atoms with Gasteiger partial charge in [0, 0.05) is 16.5 Å². The first-order chi connectivity index (χ1) is 9.77. The molecule has 0 aliphatic carbocycles. The average molecular weight is 300 g/mol. The number of furan rings is 1. The van der Waals surface area contributed by atoms with Crippen LogP contribution in [0.15, 0.2) is 28.9 Å². The summed E-state index contributed by atoms with van der Waals surface area (Å²) in [5, 5.41) is 9.35. The van der Waals surface area contributed by atoms with Crippen LogP contribution in [0.3, 0.4) is 0 Å². The van der Waals surface area contributed by atoms with Gasteiger partial charge in [-0.2, -0.15) is 13.2 Å². The molecule has 0 saturated carbocycles. The van der Waals surface area contributed by atoms with E-state index in [9.17, 15) is 18.0 Å². The standard InChI is InChI=1S/C14H11F3O4/c1-7-8-4-3-5-9(10(6-20-2)13(18)19)11(8)21-12(7)14(15,16)17/h3-6H,1-2H3,(H,18,19). The zero-order valence-corrected chi connectivity index (χ0v) is 11.1. The lowest BCUT2D eigenvalue weighted by atomic mass is 10.0. The maximum absolute atomic E-state index is 12.9. The second-order valence-corrected chi connectivity index (χ2v) is 4.31. The molecular weight excluding hydrogens is 289 g/mol. The van der Waals surface area contributed by atoms with Gasteiger partial charge in [-0.15, -0.1) is 0 Å². The molecule has 0 atom stereocenters. The van der Waals surface area contributed by atoms with Crippen molar-refractivity contribution in [3.8, 4) is 0 Å².